The Labute approximate surface area is 103 Å². The van der Waals surface area contributed by atoms with Crippen molar-refractivity contribution in [2.24, 2.45) is 0 Å². The van der Waals surface area contributed by atoms with E-state index in [0.717, 1.165) is 0 Å². The first kappa shape index (κ1) is 11.2. The molecule has 0 saturated carbocycles. The molecule has 0 spiro atoms. The molecule has 4 heteroatoms. The van der Waals surface area contributed by atoms with Gasteiger partial charge in [-0.3, -0.25) is 4.79 Å². The van der Waals surface area contributed by atoms with Crippen molar-refractivity contribution in [1.29, 1.82) is 0 Å². The minimum atomic E-state index is -0.109. The molecule has 1 heterocycles. The third kappa shape index (κ3) is 2.29. The number of hydrogen-bond acceptors (Lipinski definition) is 2. The maximum atomic E-state index is 11.9. The molecule has 0 saturated heterocycles. The summed E-state index contributed by atoms with van der Waals surface area (Å²) in [6.45, 7) is 0. The Morgan fingerprint density at radius 3 is 2.69 bits per heavy atom. The number of rotatable bonds is 3. The van der Waals surface area contributed by atoms with Crippen molar-refractivity contribution in [3.05, 3.63) is 58.0 Å². The Morgan fingerprint density at radius 2 is 2.00 bits per heavy atom. The Bertz CT molecular complexity index is 504. The highest BCUT2D eigenvalue weighted by Crippen LogP contribution is 2.26. The number of ketones is 1. The third-order valence-corrected chi connectivity index (χ3v) is 2.99. The fourth-order valence-electron chi connectivity index (χ4n) is 1.39. The molecular weight excluding hydrogens is 247 g/mol. The smallest absolute Gasteiger partial charge is 0.171 e. The quantitative estimate of drug-likeness (QED) is 0.775. The number of Topliss-reactive ketones (excluding diaryl/α,β-unsaturated/α-hetero) is 1. The molecule has 0 unspecified atom stereocenters. The predicted octanol–water partition coefficient (Wildman–Crippen LogP) is 4.01. The van der Waals surface area contributed by atoms with Crippen LogP contribution in [0.3, 0.4) is 0 Å². The van der Waals surface area contributed by atoms with Crippen molar-refractivity contribution in [3.8, 4) is 0 Å². The van der Waals surface area contributed by atoms with Gasteiger partial charge < -0.3 is 4.42 Å². The monoisotopic (exact) mass is 254 g/mol. The highest BCUT2D eigenvalue weighted by Gasteiger charge is 2.14. The van der Waals surface area contributed by atoms with Crippen LogP contribution in [0, 0.1) is 0 Å². The van der Waals surface area contributed by atoms with E-state index >= 15 is 0 Å². The van der Waals surface area contributed by atoms with Crippen molar-refractivity contribution >= 4 is 29.0 Å². The molecular formula is C12H8Cl2O2. The Balaban J connectivity index is 2.24. The van der Waals surface area contributed by atoms with E-state index in [1.165, 1.54) is 6.26 Å². The molecule has 0 amide bonds. The summed E-state index contributed by atoms with van der Waals surface area (Å²) in [5.41, 5.74) is 0.422. The van der Waals surface area contributed by atoms with E-state index in [0.29, 0.717) is 21.4 Å². The summed E-state index contributed by atoms with van der Waals surface area (Å²) >= 11 is 11.8. The van der Waals surface area contributed by atoms with Crippen LogP contribution in [0.15, 0.2) is 41.0 Å². The lowest BCUT2D eigenvalue weighted by atomic mass is 10.1. The van der Waals surface area contributed by atoms with Gasteiger partial charge in [-0.05, 0) is 24.3 Å². The normalized spacial score (nSPS) is 10.4. The maximum Gasteiger partial charge on any atom is 0.171 e. The van der Waals surface area contributed by atoms with Gasteiger partial charge in [-0.1, -0.05) is 29.3 Å². The minimum Gasteiger partial charge on any atom is -0.469 e. The molecule has 0 aliphatic heterocycles. The summed E-state index contributed by atoms with van der Waals surface area (Å²) < 4.78 is 5.10. The van der Waals surface area contributed by atoms with Gasteiger partial charge in [0, 0.05) is 5.56 Å². The van der Waals surface area contributed by atoms with Gasteiger partial charge in [0.2, 0.25) is 0 Å². The second-order valence-electron chi connectivity index (χ2n) is 3.28. The zero-order valence-electron chi connectivity index (χ0n) is 8.24. The molecule has 1 aromatic heterocycles. The van der Waals surface area contributed by atoms with Gasteiger partial charge in [-0.15, -0.1) is 0 Å². The van der Waals surface area contributed by atoms with E-state index in [2.05, 4.69) is 0 Å². The molecule has 16 heavy (non-hydrogen) atoms. The van der Waals surface area contributed by atoms with Crippen LogP contribution in [-0.2, 0) is 6.42 Å². The van der Waals surface area contributed by atoms with Crippen molar-refractivity contribution in [2.45, 2.75) is 6.42 Å². The molecule has 82 valence electrons. The standard InChI is InChI=1S/C12H8Cl2O2/c13-10-5-1-4-9(12(10)14)11(15)7-8-3-2-6-16-8/h1-6H,7H2. The lowest BCUT2D eigenvalue weighted by molar-refractivity contribution is 0.0987. The molecule has 0 aliphatic carbocycles. The molecule has 0 bridgehead atoms. The second kappa shape index (κ2) is 4.73. The van der Waals surface area contributed by atoms with Crippen LogP contribution in [0.1, 0.15) is 16.1 Å². The van der Waals surface area contributed by atoms with Crippen LogP contribution in [0.25, 0.3) is 0 Å². The van der Waals surface area contributed by atoms with Crippen molar-refractivity contribution < 1.29 is 9.21 Å². The molecule has 0 radical (unpaired) electrons. The largest absolute Gasteiger partial charge is 0.469 e. The summed E-state index contributed by atoms with van der Waals surface area (Å²) in [5.74, 6) is 0.503. The Hall–Kier alpha value is -1.25. The van der Waals surface area contributed by atoms with E-state index in [4.69, 9.17) is 27.6 Å². The SMILES string of the molecule is O=C(Cc1ccco1)c1cccc(Cl)c1Cl. The molecule has 0 fully saturated rings. The molecule has 0 N–H and O–H groups in total. The number of furan rings is 1. The van der Waals surface area contributed by atoms with Gasteiger partial charge in [-0.2, -0.15) is 0 Å². The number of hydrogen-bond donors (Lipinski definition) is 0. The first-order chi connectivity index (χ1) is 7.68. The summed E-state index contributed by atoms with van der Waals surface area (Å²) in [6, 6.07) is 8.48. The van der Waals surface area contributed by atoms with Crippen LogP contribution in [0.4, 0.5) is 0 Å². The van der Waals surface area contributed by atoms with E-state index in [1.807, 2.05) is 0 Å². The molecule has 0 aliphatic rings. The molecule has 1 aromatic carbocycles. The first-order valence-electron chi connectivity index (χ1n) is 4.68. The predicted molar refractivity (Wildman–Crippen MR) is 63.2 cm³/mol. The maximum absolute atomic E-state index is 11.9. The molecule has 2 aromatic rings. The zero-order chi connectivity index (χ0) is 11.5. The third-order valence-electron chi connectivity index (χ3n) is 2.17. The van der Waals surface area contributed by atoms with Gasteiger partial charge in [0.15, 0.2) is 5.78 Å². The van der Waals surface area contributed by atoms with Crippen LogP contribution in [-0.4, -0.2) is 5.78 Å². The highest BCUT2D eigenvalue weighted by atomic mass is 35.5. The fraction of sp³-hybridized carbons (Fsp3) is 0.0833. The summed E-state index contributed by atoms with van der Waals surface area (Å²) in [5, 5.41) is 0.674. The lowest BCUT2D eigenvalue weighted by Crippen LogP contribution is -2.03. The highest BCUT2D eigenvalue weighted by molar-refractivity contribution is 6.43. The minimum absolute atomic E-state index is 0.109. The zero-order valence-corrected chi connectivity index (χ0v) is 9.76. The molecule has 2 nitrogen and oxygen atoms in total. The Kier molecular flexibility index (Phi) is 3.32. The van der Waals surface area contributed by atoms with Gasteiger partial charge >= 0.3 is 0 Å². The summed E-state index contributed by atoms with van der Waals surface area (Å²) in [4.78, 5) is 11.9. The fourth-order valence-corrected chi connectivity index (χ4v) is 1.79. The number of carbonyl (C=O) groups is 1. The number of carbonyl (C=O) groups excluding carboxylic acids is 1. The average Bonchev–Trinajstić information content (AvgIpc) is 2.74. The summed E-state index contributed by atoms with van der Waals surface area (Å²) in [7, 11) is 0. The number of benzene rings is 1. The van der Waals surface area contributed by atoms with Gasteiger partial charge in [-0.25, -0.2) is 0 Å². The van der Waals surface area contributed by atoms with E-state index in [9.17, 15) is 4.79 Å². The van der Waals surface area contributed by atoms with E-state index < -0.39 is 0 Å². The summed E-state index contributed by atoms with van der Waals surface area (Å²) in [6.07, 6.45) is 1.72. The van der Waals surface area contributed by atoms with Crippen LogP contribution in [0.2, 0.25) is 10.0 Å². The van der Waals surface area contributed by atoms with Crippen LogP contribution < -0.4 is 0 Å². The van der Waals surface area contributed by atoms with Crippen molar-refractivity contribution in [2.75, 3.05) is 0 Å². The van der Waals surface area contributed by atoms with E-state index in [-0.39, 0.29) is 12.2 Å². The van der Waals surface area contributed by atoms with Crippen molar-refractivity contribution in [3.63, 3.8) is 0 Å². The van der Waals surface area contributed by atoms with Gasteiger partial charge in [0.1, 0.15) is 5.76 Å². The van der Waals surface area contributed by atoms with Crippen molar-refractivity contribution in [1.82, 2.24) is 0 Å². The lowest BCUT2D eigenvalue weighted by Gasteiger charge is -2.03. The van der Waals surface area contributed by atoms with E-state index in [1.54, 1.807) is 30.3 Å². The van der Waals surface area contributed by atoms with Crippen LogP contribution >= 0.6 is 23.2 Å². The second-order valence-corrected chi connectivity index (χ2v) is 4.07. The van der Waals surface area contributed by atoms with Gasteiger partial charge in [0.25, 0.3) is 0 Å². The van der Waals surface area contributed by atoms with Gasteiger partial charge in [0.05, 0.1) is 22.7 Å². The Morgan fingerprint density at radius 1 is 1.19 bits per heavy atom. The average molecular weight is 255 g/mol. The first-order valence-corrected chi connectivity index (χ1v) is 5.43. The molecule has 0 atom stereocenters. The van der Waals surface area contributed by atoms with Crippen LogP contribution in [0.5, 0.6) is 0 Å². The molecule has 2 rings (SSSR count). The topological polar surface area (TPSA) is 30.2 Å². The number of halogens is 2.